The van der Waals surface area contributed by atoms with Crippen molar-refractivity contribution >= 4 is 6.16 Å². The van der Waals surface area contributed by atoms with Crippen LogP contribution in [-0.2, 0) is 9.47 Å². The Morgan fingerprint density at radius 3 is 1.35 bits per heavy atom. The van der Waals surface area contributed by atoms with Crippen molar-refractivity contribution < 1.29 is 14.3 Å². The summed E-state index contributed by atoms with van der Waals surface area (Å²) in [6.07, 6.45) is -0.898. The predicted molar refractivity (Wildman–Crippen MR) is 71.7 cm³/mol. The Morgan fingerprint density at radius 2 is 1.00 bits per heavy atom. The second-order valence-electron chi connectivity index (χ2n) is 5.63. The predicted octanol–water partition coefficient (Wildman–Crippen LogP) is 3.18. The van der Waals surface area contributed by atoms with E-state index in [4.69, 9.17) is 9.47 Å². The van der Waals surface area contributed by atoms with E-state index >= 15 is 0 Å². The summed E-state index contributed by atoms with van der Waals surface area (Å²) in [5.41, 5.74) is 5.10. The van der Waals surface area contributed by atoms with Crippen LogP contribution in [0.5, 0.6) is 0 Å². The molecule has 2 aromatic rings. The summed E-state index contributed by atoms with van der Waals surface area (Å²) in [6.45, 7) is 0. The van der Waals surface area contributed by atoms with Crippen molar-refractivity contribution in [3.05, 3.63) is 70.8 Å². The lowest BCUT2D eigenvalue weighted by Gasteiger charge is -2.44. The number of carbonyl (C=O) groups excluding carboxylic acids is 1. The lowest BCUT2D eigenvalue weighted by molar-refractivity contribution is 0.103. The molecule has 0 radical (unpaired) electrons. The van der Waals surface area contributed by atoms with Gasteiger partial charge in [-0.15, -0.1) is 0 Å². The molecule has 98 valence electrons. The van der Waals surface area contributed by atoms with Gasteiger partial charge in [-0.25, -0.2) is 4.79 Å². The average Bonchev–Trinajstić information content (AvgIpc) is 2.88. The van der Waals surface area contributed by atoms with Crippen molar-refractivity contribution in [1.82, 2.24) is 0 Å². The smallest absolute Gasteiger partial charge is 0.426 e. The molecule has 3 nitrogen and oxygen atoms in total. The van der Waals surface area contributed by atoms with Crippen LogP contribution in [0.3, 0.4) is 0 Å². The monoisotopic (exact) mass is 264 g/mol. The van der Waals surface area contributed by atoms with Gasteiger partial charge in [-0.05, 0) is 22.3 Å². The Balaban J connectivity index is 1.83. The Hall–Kier alpha value is -2.29. The number of hydrogen-bond donors (Lipinski definition) is 0. The first-order valence-corrected chi connectivity index (χ1v) is 6.89. The minimum absolute atomic E-state index is 0.101. The van der Waals surface area contributed by atoms with Gasteiger partial charge in [-0.1, -0.05) is 48.5 Å². The lowest BCUT2D eigenvalue weighted by Crippen LogP contribution is -2.45. The SMILES string of the molecule is O=C1OC2C3c4ccccc4C(c4ccccc43)C2O1. The van der Waals surface area contributed by atoms with E-state index in [1.54, 1.807) is 0 Å². The van der Waals surface area contributed by atoms with Crippen molar-refractivity contribution in [3.63, 3.8) is 0 Å². The molecule has 20 heavy (non-hydrogen) atoms. The van der Waals surface area contributed by atoms with E-state index in [1.165, 1.54) is 22.3 Å². The third-order valence-corrected chi connectivity index (χ3v) is 4.78. The molecular formula is C17H12O3. The third kappa shape index (κ3) is 1.10. The quantitative estimate of drug-likeness (QED) is 0.685. The van der Waals surface area contributed by atoms with Crippen LogP contribution in [0, 0.1) is 0 Å². The Bertz CT molecular complexity index is 629. The number of benzene rings is 2. The summed E-state index contributed by atoms with van der Waals surface area (Å²) in [5, 5.41) is 0. The van der Waals surface area contributed by atoms with Crippen molar-refractivity contribution in [2.24, 2.45) is 0 Å². The molecule has 1 aliphatic heterocycles. The fourth-order valence-electron chi connectivity index (χ4n) is 4.10. The van der Waals surface area contributed by atoms with E-state index in [9.17, 15) is 4.79 Å². The molecule has 1 heterocycles. The standard InChI is InChI=1S/C17H12O3/c18-17-19-15-13-9-5-1-2-6-10(9)14(16(15)20-17)12-8-4-3-7-11(12)13/h1-8,13-16H. The highest BCUT2D eigenvalue weighted by atomic mass is 16.8. The maximum atomic E-state index is 11.6. The molecular weight excluding hydrogens is 252 g/mol. The molecule has 1 saturated heterocycles. The fourth-order valence-corrected chi connectivity index (χ4v) is 4.10. The maximum absolute atomic E-state index is 11.6. The van der Waals surface area contributed by atoms with E-state index < -0.39 is 6.16 Å². The van der Waals surface area contributed by atoms with E-state index in [-0.39, 0.29) is 24.0 Å². The van der Waals surface area contributed by atoms with Crippen molar-refractivity contribution in [2.45, 2.75) is 24.0 Å². The van der Waals surface area contributed by atoms with Crippen LogP contribution in [-0.4, -0.2) is 18.4 Å². The third-order valence-electron chi connectivity index (χ3n) is 4.78. The zero-order valence-corrected chi connectivity index (χ0v) is 10.7. The summed E-state index contributed by atoms with van der Waals surface area (Å²) < 4.78 is 10.9. The van der Waals surface area contributed by atoms with Gasteiger partial charge in [-0.3, -0.25) is 0 Å². The number of carbonyl (C=O) groups is 1. The average molecular weight is 264 g/mol. The molecule has 0 N–H and O–H groups in total. The van der Waals surface area contributed by atoms with Gasteiger partial charge in [0, 0.05) is 0 Å². The molecule has 0 aromatic heterocycles. The molecule has 2 unspecified atom stereocenters. The van der Waals surface area contributed by atoms with Gasteiger partial charge < -0.3 is 9.47 Å². The molecule has 1 fully saturated rings. The lowest BCUT2D eigenvalue weighted by atomic mass is 9.61. The Labute approximate surface area is 116 Å². The minimum atomic E-state index is -0.532. The molecule has 4 aliphatic rings. The summed E-state index contributed by atoms with van der Waals surface area (Å²) in [4.78, 5) is 11.6. The largest absolute Gasteiger partial charge is 0.509 e. The van der Waals surface area contributed by atoms with Gasteiger partial charge in [-0.2, -0.15) is 0 Å². The fraction of sp³-hybridized carbons (Fsp3) is 0.235. The normalized spacial score (nSPS) is 31.9. The van der Waals surface area contributed by atoms with Crippen LogP contribution in [0.4, 0.5) is 4.79 Å². The van der Waals surface area contributed by atoms with Crippen LogP contribution in [0.1, 0.15) is 34.1 Å². The van der Waals surface area contributed by atoms with Crippen LogP contribution >= 0.6 is 0 Å². The first kappa shape index (κ1) is 10.5. The zero-order chi connectivity index (χ0) is 13.3. The van der Waals surface area contributed by atoms with E-state index in [0.29, 0.717) is 0 Å². The molecule has 0 amide bonds. The first-order chi connectivity index (χ1) is 9.84. The van der Waals surface area contributed by atoms with Crippen LogP contribution in [0.15, 0.2) is 48.5 Å². The summed E-state index contributed by atoms with van der Waals surface area (Å²) in [7, 11) is 0. The van der Waals surface area contributed by atoms with Gasteiger partial charge in [0.15, 0.2) is 12.2 Å². The van der Waals surface area contributed by atoms with Crippen LogP contribution < -0.4 is 0 Å². The number of ether oxygens (including phenoxy) is 2. The van der Waals surface area contributed by atoms with E-state index in [2.05, 4.69) is 48.5 Å². The highest BCUT2D eigenvalue weighted by molar-refractivity contribution is 5.67. The van der Waals surface area contributed by atoms with E-state index in [0.717, 1.165) is 0 Å². The molecule has 6 rings (SSSR count). The van der Waals surface area contributed by atoms with Gasteiger partial charge in [0.25, 0.3) is 0 Å². The van der Waals surface area contributed by atoms with Crippen molar-refractivity contribution in [3.8, 4) is 0 Å². The number of rotatable bonds is 0. The molecule has 2 atom stereocenters. The van der Waals surface area contributed by atoms with E-state index in [1.807, 2.05) is 0 Å². The second kappa shape index (κ2) is 3.42. The minimum Gasteiger partial charge on any atom is -0.426 e. The van der Waals surface area contributed by atoms with Crippen LogP contribution in [0.2, 0.25) is 0 Å². The Kier molecular flexibility index (Phi) is 1.80. The summed E-state index contributed by atoms with van der Waals surface area (Å²) in [5.74, 6) is 0.202. The first-order valence-electron chi connectivity index (χ1n) is 6.89. The van der Waals surface area contributed by atoms with Gasteiger partial charge in [0.05, 0.1) is 11.8 Å². The van der Waals surface area contributed by atoms with Gasteiger partial charge in [0.2, 0.25) is 0 Å². The molecule has 3 heteroatoms. The van der Waals surface area contributed by atoms with Crippen LogP contribution in [0.25, 0.3) is 0 Å². The van der Waals surface area contributed by atoms with Crippen molar-refractivity contribution in [2.75, 3.05) is 0 Å². The molecule has 2 aromatic carbocycles. The topological polar surface area (TPSA) is 35.5 Å². The molecule has 0 spiro atoms. The Morgan fingerprint density at radius 1 is 0.650 bits per heavy atom. The molecule has 3 aliphatic carbocycles. The highest BCUT2D eigenvalue weighted by Crippen LogP contribution is 2.56. The molecule has 2 bridgehead atoms. The van der Waals surface area contributed by atoms with Gasteiger partial charge >= 0.3 is 6.16 Å². The molecule has 0 saturated carbocycles. The summed E-state index contributed by atoms with van der Waals surface area (Å²) >= 11 is 0. The van der Waals surface area contributed by atoms with Crippen molar-refractivity contribution in [1.29, 1.82) is 0 Å². The highest BCUT2D eigenvalue weighted by Gasteiger charge is 2.56. The van der Waals surface area contributed by atoms with Gasteiger partial charge in [0.1, 0.15) is 0 Å². The second-order valence-corrected chi connectivity index (χ2v) is 5.63. The number of hydrogen-bond acceptors (Lipinski definition) is 3. The summed E-state index contributed by atoms with van der Waals surface area (Å²) in [6, 6.07) is 16.8. The zero-order valence-electron chi connectivity index (χ0n) is 10.7. The maximum Gasteiger partial charge on any atom is 0.509 e.